The van der Waals surface area contributed by atoms with E-state index in [0.717, 1.165) is 21.6 Å². The molecule has 20 heavy (non-hydrogen) atoms. The average molecular weight is 355 g/mol. The number of benzene rings is 2. The van der Waals surface area contributed by atoms with Crippen LogP contribution in [0.2, 0.25) is 0 Å². The molecule has 3 rings (SSSR count). The largest absolute Gasteiger partial charge is 0.331 e. The van der Waals surface area contributed by atoms with Crippen molar-refractivity contribution in [1.82, 2.24) is 9.55 Å². The molecular formula is C14H9BrF2N2S. The Bertz CT molecular complexity index is 854. The number of aromatic amines is 1. The molecule has 1 aromatic heterocycles. The van der Waals surface area contributed by atoms with Crippen molar-refractivity contribution in [1.29, 1.82) is 0 Å². The molecule has 1 N–H and O–H groups in total. The quantitative estimate of drug-likeness (QED) is 0.656. The first kappa shape index (κ1) is 13.5. The smallest absolute Gasteiger partial charge is 0.178 e. The number of aromatic nitrogens is 2. The van der Waals surface area contributed by atoms with E-state index < -0.39 is 11.6 Å². The van der Waals surface area contributed by atoms with E-state index in [9.17, 15) is 8.78 Å². The van der Waals surface area contributed by atoms with Crippen LogP contribution in [0, 0.1) is 16.4 Å². The molecule has 0 aliphatic rings. The standard InChI is InChI=1S/C14H9BrF2N2S/c15-9-2-4-12-13(6-9)19(14(20)18-12)7-8-1-3-10(16)11(17)5-8/h1-6H,7H2,(H,18,20). The molecule has 102 valence electrons. The molecule has 0 radical (unpaired) electrons. The van der Waals surface area contributed by atoms with Crippen LogP contribution in [-0.4, -0.2) is 9.55 Å². The maximum atomic E-state index is 13.3. The molecule has 2 nitrogen and oxygen atoms in total. The van der Waals surface area contributed by atoms with Gasteiger partial charge >= 0.3 is 0 Å². The number of halogens is 3. The Balaban J connectivity index is 2.10. The Morgan fingerprint density at radius 2 is 1.90 bits per heavy atom. The Kier molecular flexibility index (Phi) is 3.43. The zero-order valence-electron chi connectivity index (χ0n) is 10.2. The SMILES string of the molecule is Fc1ccc(Cn2c(=S)[nH]c3ccc(Br)cc32)cc1F. The molecule has 0 spiro atoms. The second-order valence-electron chi connectivity index (χ2n) is 4.43. The molecule has 0 saturated carbocycles. The lowest BCUT2D eigenvalue weighted by molar-refractivity contribution is 0.506. The van der Waals surface area contributed by atoms with Crippen molar-refractivity contribution in [2.75, 3.05) is 0 Å². The van der Waals surface area contributed by atoms with E-state index >= 15 is 0 Å². The first-order chi connectivity index (χ1) is 9.54. The normalized spacial score (nSPS) is 11.2. The van der Waals surface area contributed by atoms with Gasteiger partial charge in [0.2, 0.25) is 0 Å². The van der Waals surface area contributed by atoms with Gasteiger partial charge in [-0.25, -0.2) is 8.78 Å². The van der Waals surface area contributed by atoms with Gasteiger partial charge in [0.15, 0.2) is 16.4 Å². The van der Waals surface area contributed by atoms with E-state index in [2.05, 4.69) is 20.9 Å². The van der Waals surface area contributed by atoms with Crippen LogP contribution in [0.1, 0.15) is 5.56 Å². The van der Waals surface area contributed by atoms with Crippen LogP contribution >= 0.6 is 28.1 Å². The predicted octanol–water partition coefficient (Wildman–Crippen LogP) is 4.79. The molecular weight excluding hydrogens is 346 g/mol. The predicted molar refractivity (Wildman–Crippen MR) is 80.3 cm³/mol. The fourth-order valence-corrected chi connectivity index (χ4v) is 2.73. The topological polar surface area (TPSA) is 20.7 Å². The number of hydrogen-bond acceptors (Lipinski definition) is 1. The van der Waals surface area contributed by atoms with Crippen LogP contribution in [0.4, 0.5) is 8.78 Å². The molecule has 0 fully saturated rings. The van der Waals surface area contributed by atoms with Gasteiger partial charge in [0.25, 0.3) is 0 Å². The number of H-pyrrole nitrogens is 1. The summed E-state index contributed by atoms with van der Waals surface area (Å²) in [5.74, 6) is -1.70. The van der Waals surface area contributed by atoms with Gasteiger partial charge in [0.05, 0.1) is 17.6 Å². The summed E-state index contributed by atoms with van der Waals surface area (Å²) in [5, 5.41) is 0. The van der Waals surface area contributed by atoms with Gasteiger partial charge in [0, 0.05) is 4.47 Å². The number of fused-ring (bicyclic) bond motifs is 1. The maximum absolute atomic E-state index is 13.3. The van der Waals surface area contributed by atoms with Crippen LogP contribution in [0.3, 0.4) is 0 Å². The Morgan fingerprint density at radius 3 is 2.65 bits per heavy atom. The zero-order chi connectivity index (χ0) is 14.3. The summed E-state index contributed by atoms with van der Waals surface area (Å²) in [6.45, 7) is 0.381. The van der Waals surface area contributed by atoms with E-state index in [-0.39, 0.29) is 0 Å². The van der Waals surface area contributed by atoms with E-state index in [4.69, 9.17) is 12.2 Å². The van der Waals surface area contributed by atoms with Crippen LogP contribution in [0.25, 0.3) is 11.0 Å². The molecule has 0 unspecified atom stereocenters. The summed E-state index contributed by atoms with van der Waals surface area (Å²) in [7, 11) is 0. The van der Waals surface area contributed by atoms with Crippen molar-refractivity contribution >= 4 is 39.2 Å². The van der Waals surface area contributed by atoms with Gasteiger partial charge < -0.3 is 9.55 Å². The summed E-state index contributed by atoms with van der Waals surface area (Å²) in [6, 6.07) is 9.62. The minimum absolute atomic E-state index is 0.381. The number of imidazole rings is 1. The van der Waals surface area contributed by atoms with Gasteiger partial charge in [-0.3, -0.25) is 0 Å². The highest BCUT2D eigenvalue weighted by molar-refractivity contribution is 9.10. The van der Waals surface area contributed by atoms with Crippen molar-refractivity contribution in [3.05, 3.63) is 62.8 Å². The molecule has 6 heteroatoms. The van der Waals surface area contributed by atoms with Crippen LogP contribution in [-0.2, 0) is 6.54 Å². The third-order valence-electron chi connectivity index (χ3n) is 3.06. The van der Waals surface area contributed by atoms with Crippen molar-refractivity contribution in [2.45, 2.75) is 6.54 Å². The number of nitrogens with zero attached hydrogens (tertiary/aromatic N) is 1. The molecule has 0 bridgehead atoms. The molecule has 3 aromatic rings. The number of nitrogens with one attached hydrogen (secondary N) is 1. The molecule has 0 aliphatic heterocycles. The van der Waals surface area contributed by atoms with Crippen molar-refractivity contribution in [3.8, 4) is 0 Å². The van der Waals surface area contributed by atoms with Gasteiger partial charge in [-0.15, -0.1) is 0 Å². The Labute approximate surface area is 127 Å². The number of hydrogen-bond donors (Lipinski definition) is 1. The molecule has 0 aliphatic carbocycles. The summed E-state index contributed by atoms with van der Waals surface area (Å²) in [5.41, 5.74) is 2.47. The van der Waals surface area contributed by atoms with E-state index in [1.54, 1.807) is 6.07 Å². The van der Waals surface area contributed by atoms with Crippen LogP contribution < -0.4 is 0 Å². The highest BCUT2D eigenvalue weighted by Crippen LogP contribution is 2.21. The summed E-state index contributed by atoms with van der Waals surface area (Å²) in [6.07, 6.45) is 0. The van der Waals surface area contributed by atoms with Gasteiger partial charge in [-0.2, -0.15) is 0 Å². The van der Waals surface area contributed by atoms with Crippen LogP contribution in [0.5, 0.6) is 0 Å². The third kappa shape index (κ3) is 2.41. The fourth-order valence-electron chi connectivity index (χ4n) is 2.10. The summed E-state index contributed by atoms with van der Waals surface area (Å²) >= 11 is 8.69. The monoisotopic (exact) mass is 354 g/mol. The summed E-state index contributed by atoms with van der Waals surface area (Å²) in [4.78, 5) is 3.09. The van der Waals surface area contributed by atoms with Crippen molar-refractivity contribution < 1.29 is 8.78 Å². The van der Waals surface area contributed by atoms with Gasteiger partial charge in [-0.05, 0) is 48.1 Å². The Morgan fingerprint density at radius 1 is 1.10 bits per heavy atom. The van der Waals surface area contributed by atoms with Crippen molar-refractivity contribution in [3.63, 3.8) is 0 Å². The molecule has 1 heterocycles. The fraction of sp³-hybridized carbons (Fsp3) is 0.0714. The first-order valence-electron chi connectivity index (χ1n) is 5.86. The highest BCUT2D eigenvalue weighted by atomic mass is 79.9. The molecule has 0 atom stereocenters. The van der Waals surface area contributed by atoms with Crippen molar-refractivity contribution in [2.24, 2.45) is 0 Å². The minimum atomic E-state index is -0.852. The second kappa shape index (κ2) is 5.10. The van der Waals surface area contributed by atoms with E-state index in [1.807, 2.05) is 22.8 Å². The number of rotatable bonds is 2. The zero-order valence-corrected chi connectivity index (χ0v) is 12.6. The van der Waals surface area contributed by atoms with E-state index in [1.165, 1.54) is 6.07 Å². The maximum Gasteiger partial charge on any atom is 0.178 e. The van der Waals surface area contributed by atoms with E-state index in [0.29, 0.717) is 16.9 Å². The Hall–Kier alpha value is -1.53. The lowest BCUT2D eigenvalue weighted by Gasteiger charge is -2.05. The lowest BCUT2D eigenvalue weighted by Crippen LogP contribution is -2.00. The highest BCUT2D eigenvalue weighted by Gasteiger charge is 2.08. The lowest BCUT2D eigenvalue weighted by atomic mass is 10.2. The average Bonchev–Trinajstić information content (AvgIpc) is 2.70. The van der Waals surface area contributed by atoms with Gasteiger partial charge in [-0.1, -0.05) is 22.0 Å². The molecule has 0 saturated heterocycles. The molecule has 2 aromatic carbocycles. The second-order valence-corrected chi connectivity index (χ2v) is 5.73. The van der Waals surface area contributed by atoms with Gasteiger partial charge in [0.1, 0.15) is 0 Å². The first-order valence-corrected chi connectivity index (χ1v) is 7.07. The van der Waals surface area contributed by atoms with Crippen LogP contribution in [0.15, 0.2) is 40.9 Å². The molecule has 0 amide bonds. The minimum Gasteiger partial charge on any atom is -0.331 e. The third-order valence-corrected chi connectivity index (χ3v) is 3.88. The summed E-state index contributed by atoms with van der Waals surface area (Å²) < 4.78 is 29.5.